The Morgan fingerprint density at radius 2 is 1.76 bits per heavy atom. The summed E-state index contributed by atoms with van der Waals surface area (Å²) in [4.78, 5) is 18.2. The van der Waals surface area contributed by atoms with Crippen molar-refractivity contribution in [3.8, 4) is 11.3 Å². The first-order valence-electron chi connectivity index (χ1n) is 12.1. The van der Waals surface area contributed by atoms with Crippen LogP contribution in [0.1, 0.15) is 53.6 Å². The molecule has 0 bridgehead atoms. The van der Waals surface area contributed by atoms with Gasteiger partial charge in [0.25, 0.3) is 5.91 Å². The number of benzene rings is 2. The van der Waals surface area contributed by atoms with E-state index in [1.54, 1.807) is 0 Å². The maximum Gasteiger partial charge on any atom is 0.255 e. The number of carbonyl (C=O) groups excluding carboxylic acids is 1. The Labute approximate surface area is 200 Å². The molecular weight excluding hydrogens is 422 g/mol. The number of rotatable bonds is 7. The summed E-state index contributed by atoms with van der Waals surface area (Å²) in [6.45, 7) is 0.918. The number of anilines is 1. The van der Waals surface area contributed by atoms with Gasteiger partial charge in [-0.1, -0.05) is 73.9 Å². The lowest BCUT2D eigenvalue weighted by Crippen LogP contribution is -2.24. The molecule has 174 valence electrons. The Hall–Kier alpha value is -3.64. The Kier molecular flexibility index (Phi) is 6.58. The molecule has 0 radical (unpaired) electrons. The average molecular weight is 454 g/mol. The highest BCUT2D eigenvalue weighted by Gasteiger charge is 2.22. The molecule has 0 atom stereocenters. The molecule has 4 aromatic rings. The summed E-state index contributed by atoms with van der Waals surface area (Å²) in [6.07, 6.45) is 8.09. The largest absolute Gasteiger partial charge is 0.367 e. The highest BCUT2D eigenvalue weighted by Crippen LogP contribution is 2.32. The van der Waals surface area contributed by atoms with Crippen molar-refractivity contribution >= 4 is 17.4 Å². The molecule has 2 aromatic carbocycles. The Bertz CT molecular complexity index is 1270. The van der Waals surface area contributed by atoms with Crippen molar-refractivity contribution in [1.82, 2.24) is 14.7 Å². The summed E-state index contributed by atoms with van der Waals surface area (Å²) in [5.41, 5.74) is 11.0. The fraction of sp³-hybridized carbons (Fsp3) is 0.286. The van der Waals surface area contributed by atoms with Gasteiger partial charge in [0, 0.05) is 30.9 Å². The number of pyridine rings is 1. The van der Waals surface area contributed by atoms with Crippen LogP contribution in [0.2, 0.25) is 0 Å². The molecule has 34 heavy (non-hydrogen) atoms. The number of carbonyl (C=O) groups is 1. The number of fused-ring (bicyclic) bond motifs is 1. The van der Waals surface area contributed by atoms with E-state index in [-0.39, 0.29) is 5.91 Å². The van der Waals surface area contributed by atoms with Crippen molar-refractivity contribution in [1.29, 1.82) is 0 Å². The fourth-order valence-electron chi connectivity index (χ4n) is 4.76. The Morgan fingerprint density at radius 3 is 2.56 bits per heavy atom. The molecule has 1 aliphatic carbocycles. The summed E-state index contributed by atoms with van der Waals surface area (Å²) in [6, 6.07) is 22.3. The molecule has 6 heteroatoms. The molecule has 1 amide bonds. The number of nitrogens with two attached hydrogens (primary N) is 1. The van der Waals surface area contributed by atoms with Gasteiger partial charge in [0.1, 0.15) is 11.5 Å². The molecule has 5 rings (SSSR count). The van der Waals surface area contributed by atoms with Crippen LogP contribution in [0.5, 0.6) is 0 Å². The molecule has 2 heterocycles. The zero-order valence-electron chi connectivity index (χ0n) is 19.3. The Balaban J connectivity index is 1.48. The predicted octanol–water partition coefficient (Wildman–Crippen LogP) is 5.13. The first-order valence-corrected chi connectivity index (χ1v) is 12.1. The van der Waals surface area contributed by atoms with Gasteiger partial charge >= 0.3 is 0 Å². The summed E-state index contributed by atoms with van der Waals surface area (Å²) in [5.74, 6) is 0.816. The van der Waals surface area contributed by atoms with Gasteiger partial charge in [-0.2, -0.15) is 0 Å². The van der Waals surface area contributed by atoms with Crippen molar-refractivity contribution < 1.29 is 4.79 Å². The van der Waals surface area contributed by atoms with Crippen LogP contribution in [0.15, 0.2) is 72.9 Å². The number of imidazole rings is 1. The molecular formula is C28H31N5O. The summed E-state index contributed by atoms with van der Waals surface area (Å²) < 4.78 is 2.03. The van der Waals surface area contributed by atoms with E-state index in [1.165, 1.54) is 19.3 Å². The van der Waals surface area contributed by atoms with E-state index < -0.39 is 0 Å². The van der Waals surface area contributed by atoms with E-state index in [1.807, 2.05) is 65.2 Å². The van der Waals surface area contributed by atoms with Crippen LogP contribution in [0.25, 0.3) is 16.9 Å². The predicted molar refractivity (Wildman–Crippen MR) is 137 cm³/mol. The van der Waals surface area contributed by atoms with Crippen LogP contribution in [-0.4, -0.2) is 21.3 Å². The van der Waals surface area contributed by atoms with Crippen LogP contribution < -0.4 is 16.4 Å². The summed E-state index contributed by atoms with van der Waals surface area (Å²) >= 11 is 0. The molecule has 0 unspecified atom stereocenters. The number of amides is 1. The molecule has 0 spiro atoms. The minimum atomic E-state index is -0.141. The van der Waals surface area contributed by atoms with Crippen molar-refractivity contribution in [2.75, 3.05) is 5.32 Å². The van der Waals surface area contributed by atoms with E-state index in [9.17, 15) is 4.79 Å². The first kappa shape index (κ1) is 22.2. The van der Waals surface area contributed by atoms with Crippen molar-refractivity contribution in [2.45, 2.75) is 51.2 Å². The quantitative estimate of drug-likeness (QED) is 0.362. The van der Waals surface area contributed by atoms with Crippen LogP contribution in [0, 0.1) is 0 Å². The van der Waals surface area contributed by atoms with Gasteiger partial charge in [-0.15, -0.1) is 0 Å². The lowest BCUT2D eigenvalue weighted by atomic mass is 9.95. The van der Waals surface area contributed by atoms with Gasteiger partial charge in [-0.25, -0.2) is 4.98 Å². The van der Waals surface area contributed by atoms with Crippen molar-refractivity contribution in [3.05, 3.63) is 89.6 Å². The molecule has 4 N–H and O–H groups in total. The topological polar surface area (TPSA) is 84.5 Å². The van der Waals surface area contributed by atoms with Gasteiger partial charge in [0.2, 0.25) is 0 Å². The molecule has 1 aliphatic rings. The van der Waals surface area contributed by atoms with Crippen molar-refractivity contribution in [3.63, 3.8) is 0 Å². The minimum Gasteiger partial charge on any atom is -0.367 e. The average Bonchev–Trinajstić information content (AvgIpc) is 3.27. The smallest absolute Gasteiger partial charge is 0.255 e. The third-order valence-corrected chi connectivity index (χ3v) is 6.57. The molecule has 2 aromatic heterocycles. The molecule has 0 aliphatic heterocycles. The Morgan fingerprint density at radius 1 is 0.971 bits per heavy atom. The molecule has 6 nitrogen and oxygen atoms in total. The van der Waals surface area contributed by atoms with E-state index in [0.29, 0.717) is 30.3 Å². The second-order valence-corrected chi connectivity index (χ2v) is 8.98. The lowest BCUT2D eigenvalue weighted by Gasteiger charge is -2.24. The minimum absolute atomic E-state index is 0.141. The zero-order chi connectivity index (χ0) is 23.3. The maximum atomic E-state index is 13.2. The number of nitrogens with zero attached hydrogens (tertiary/aromatic N) is 2. The first-order chi connectivity index (χ1) is 16.7. The highest BCUT2D eigenvalue weighted by molar-refractivity contribution is 6.00. The van der Waals surface area contributed by atoms with Crippen LogP contribution in [0.3, 0.4) is 0 Å². The second-order valence-electron chi connectivity index (χ2n) is 8.98. The third kappa shape index (κ3) is 4.68. The molecule has 0 saturated heterocycles. The van der Waals surface area contributed by atoms with Gasteiger partial charge in [-0.05, 0) is 36.1 Å². The van der Waals surface area contributed by atoms with E-state index in [4.69, 9.17) is 10.7 Å². The van der Waals surface area contributed by atoms with Gasteiger partial charge in [-0.3, -0.25) is 9.20 Å². The van der Waals surface area contributed by atoms with Gasteiger partial charge in [0.15, 0.2) is 5.65 Å². The number of nitrogens with one attached hydrogen (secondary N) is 2. The van der Waals surface area contributed by atoms with E-state index in [0.717, 1.165) is 41.0 Å². The standard InChI is InChI=1S/C28H31N5O/c29-18-20-9-7-10-21(17-20)19-30-28(34)24-15-8-16-33-26(24)32-25(22-11-3-1-4-12-22)27(33)31-23-13-5-2-6-14-23/h1,3-4,7-12,15-17,23,31H,2,5-6,13-14,18-19,29H2,(H,30,34). The highest BCUT2D eigenvalue weighted by atomic mass is 16.1. The molecule has 1 saturated carbocycles. The monoisotopic (exact) mass is 453 g/mol. The normalized spacial score (nSPS) is 14.3. The van der Waals surface area contributed by atoms with Gasteiger partial charge < -0.3 is 16.4 Å². The lowest BCUT2D eigenvalue weighted by molar-refractivity contribution is 0.0952. The zero-order valence-corrected chi connectivity index (χ0v) is 19.3. The number of aromatic nitrogens is 2. The van der Waals surface area contributed by atoms with Crippen molar-refractivity contribution in [2.24, 2.45) is 5.73 Å². The third-order valence-electron chi connectivity index (χ3n) is 6.57. The maximum absolute atomic E-state index is 13.2. The van der Waals surface area contributed by atoms with Crippen LogP contribution >= 0.6 is 0 Å². The van der Waals surface area contributed by atoms with E-state index in [2.05, 4.69) is 22.8 Å². The number of hydrogen-bond acceptors (Lipinski definition) is 4. The SMILES string of the molecule is NCc1cccc(CNC(=O)c2cccn3c(NC4CCCCC4)c(-c4ccccc4)nc23)c1. The summed E-state index contributed by atoms with van der Waals surface area (Å²) in [5, 5.41) is 6.82. The van der Waals surface area contributed by atoms with Crippen LogP contribution in [0.4, 0.5) is 5.82 Å². The fourth-order valence-corrected chi connectivity index (χ4v) is 4.76. The van der Waals surface area contributed by atoms with E-state index >= 15 is 0 Å². The van der Waals surface area contributed by atoms with Gasteiger partial charge in [0.05, 0.1) is 5.56 Å². The summed E-state index contributed by atoms with van der Waals surface area (Å²) in [7, 11) is 0. The van der Waals surface area contributed by atoms with Crippen LogP contribution in [-0.2, 0) is 13.1 Å². The second kappa shape index (κ2) is 10.1. The number of hydrogen-bond donors (Lipinski definition) is 3. The molecule has 1 fully saturated rings.